The number of aromatic nitrogens is 1. The highest BCUT2D eigenvalue weighted by molar-refractivity contribution is 5.82. The van der Waals surface area contributed by atoms with Gasteiger partial charge in [0.2, 0.25) is 0 Å². The molecule has 0 fully saturated rings. The van der Waals surface area contributed by atoms with Crippen LogP contribution in [-0.4, -0.2) is 29.3 Å². The van der Waals surface area contributed by atoms with Crippen LogP contribution in [0.1, 0.15) is 39.7 Å². The molecule has 23 heavy (non-hydrogen) atoms. The SMILES string of the molecule is CCC(CNCc1c[nH]c2ccccc12)NC(=O)OC(C)(C)C. The summed E-state index contributed by atoms with van der Waals surface area (Å²) >= 11 is 0. The van der Waals surface area contributed by atoms with Gasteiger partial charge in [-0.25, -0.2) is 4.79 Å². The molecule has 3 N–H and O–H groups in total. The van der Waals surface area contributed by atoms with E-state index >= 15 is 0 Å². The van der Waals surface area contributed by atoms with Gasteiger partial charge in [-0.2, -0.15) is 0 Å². The number of aromatic amines is 1. The fraction of sp³-hybridized carbons (Fsp3) is 0.500. The Kier molecular flexibility index (Phi) is 5.66. The van der Waals surface area contributed by atoms with Gasteiger partial charge in [0.25, 0.3) is 0 Å². The minimum Gasteiger partial charge on any atom is -0.444 e. The van der Waals surface area contributed by atoms with Gasteiger partial charge in [0.15, 0.2) is 0 Å². The van der Waals surface area contributed by atoms with Crippen LogP contribution in [0.4, 0.5) is 4.79 Å². The van der Waals surface area contributed by atoms with Gasteiger partial charge < -0.3 is 20.4 Å². The van der Waals surface area contributed by atoms with Crippen LogP contribution < -0.4 is 10.6 Å². The van der Waals surface area contributed by atoms with Crippen molar-refractivity contribution in [2.45, 2.75) is 52.3 Å². The van der Waals surface area contributed by atoms with E-state index < -0.39 is 5.60 Å². The molecule has 1 unspecified atom stereocenters. The van der Waals surface area contributed by atoms with Crippen molar-refractivity contribution in [2.75, 3.05) is 6.54 Å². The standard InChI is InChI=1S/C18H27N3O2/c1-5-14(21-17(22)23-18(2,3)4)12-19-10-13-11-20-16-9-7-6-8-15(13)16/h6-9,11,14,19-20H,5,10,12H2,1-4H3,(H,21,22). The first kappa shape index (κ1) is 17.3. The van der Waals surface area contributed by atoms with Crippen LogP contribution in [0, 0.1) is 0 Å². The van der Waals surface area contributed by atoms with Crippen molar-refractivity contribution in [1.29, 1.82) is 0 Å². The van der Waals surface area contributed by atoms with E-state index in [0.29, 0.717) is 6.54 Å². The smallest absolute Gasteiger partial charge is 0.407 e. The Morgan fingerprint density at radius 1 is 1.30 bits per heavy atom. The molecular weight excluding hydrogens is 290 g/mol. The van der Waals surface area contributed by atoms with Crippen molar-refractivity contribution >= 4 is 17.0 Å². The summed E-state index contributed by atoms with van der Waals surface area (Å²) in [6.45, 7) is 9.11. The zero-order valence-electron chi connectivity index (χ0n) is 14.4. The summed E-state index contributed by atoms with van der Waals surface area (Å²) in [5.74, 6) is 0. The largest absolute Gasteiger partial charge is 0.444 e. The predicted octanol–water partition coefficient (Wildman–Crippen LogP) is 3.56. The number of carbonyl (C=O) groups is 1. The first-order chi connectivity index (χ1) is 10.9. The Morgan fingerprint density at radius 3 is 2.74 bits per heavy atom. The summed E-state index contributed by atoms with van der Waals surface area (Å²) < 4.78 is 5.30. The molecule has 0 saturated carbocycles. The second kappa shape index (κ2) is 7.51. The van der Waals surface area contributed by atoms with E-state index in [1.54, 1.807) is 0 Å². The molecule has 1 aromatic heterocycles. The number of nitrogens with one attached hydrogen (secondary N) is 3. The molecule has 0 radical (unpaired) electrons. The number of para-hydroxylation sites is 1. The van der Waals surface area contributed by atoms with Crippen molar-refractivity contribution in [3.05, 3.63) is 36.0 Å². The van der Waals surface area contributed by atoms with Crippen molar-refractivity contribution in [3.8, 4) is 0 Å². The lowest BCUT2D eigenvalue weighted by molar-refractivity contribution is 0.0502. The Morgan fingerprint density at radius 2 is 2.04 bits per heavy atom. The fourth-order valence-electron chi connectivity index (χ4n) is 2.43. The number of hydrogen-bond acceptors (Lipinski definition) is 3. The van der Waals surface area contributed by atoms with Gasteiger partial charge in [-0.3, -0.25) is 0 Å². The highest BCUT2D eigenvalue weighted by Gasteiger charge is 2.18. The summed E-state index contributed by atoms with van der Waals surface area (Å²) in [4.78, 5) is 15.1. The lowest BCUT2D eigenvalue weighted by atomic mass is 10.1. The van der Waals surface area contributed by atoms with E-state index in [2.05, 4.69) is 34.7 Å². The topological polar surface area (TPSA) is 66.2 Å². The molecule has 5 nitrogen and oxygen atoms in total. The van der Waals surface area contributed by atoms with Gasteiger partial charge in [0, 0.05) is 36.2 Å². The average Bonchev–Trinajstić information content (AvgIpc) is 2.88. The third-order valence-electron chi connectivity index (χ3n) is 3.59. The van der Waals surface area contributed by atoms with Crippen molar-refractivity contribution in [2.24, 2.45) is 0 Å². The number of amides is 1. The molecule has 0 saturated heterocycles. The van der Waals surface area contributed by atoms with Crippen molar-refractivity contribution < 1.29 is 9.53 Å². The molecule has 0 aliphatic carbocycles. The predicted molar refractivity (Wildman–Crippen MR) is 93.5 cm³/mol. The zero-order chi connectivity index (χ0) is 16.9. The second-order valence-electron chi connectivity index (χ2n) is 6.74. The van der Waals surface area contributed by atoms with E-state index in [1.165, 1.54) is 10.9 Å². The molecule has 0 aliphatic rings. The fourth-order valence-corrected chi connectivity index (χ4v) is 2.43. The summed E-state index contributed by atoms with van der Waals surface area (Å²) in [7, 11) is 0. The monoisotopic (exact) mass is 317 g/mol. The normalized spacial score (nSPS) is 13.0. The van der Waals surface area contributed by atoms with Gasteiger partial charge in [0.05, 0.1) is 0 Å². The Balaban J connectivity index is 1.83. The van der Waals surface area contributed by atoms with Crippen LogP contribution in [0.25, 0.3) is 10.9 Å². The molecule has 0 bridgehead atoms. The second-order valence-corrected chi connectivity index (χ2v) is 6.74. The van der Waals surface area contributed by atoms with Gasteiger partial charge in [-0.1, -0.05) is 25.1 Å². The molecule has 0 aliphatic heterocycles. The summed E-state index contributed by atoms with van der Waals surface area (Å²) in [5, 5.41) is 7.55. The minimum atomic E-state index is -0.472. The quantitative estimate of drug-likeness (QED) is 0.763. The maximum absolute atomic E-state index is 11.8. The van der Waals surface area contributed by atoms with Crippen LogP contribution in [-0.2, 0) is 11.3 Å². The van der Waals surface area contributed by atoms with Crippen LogP contribution in [0.2, 0.25) is 0 Å². The van der Waals surface area contributed by atoms with Crippen LogP contribution in [0.3, 0.4) is 0 Å². The Hall–Kier alpha value is -2.01. The van der Waals surface area contributed by atoms with Crippen LogP contribution in [0.15, 0.2) is 30.5 Å². The molecule has 1 atom stereocenters. The van der Waals surface area contributed by atoms with E-state index in [9.17, 15) is 4.79 Å². The maximum atomic E-state index is 11.8. The number of benzene rings is 1. The zero-order valence-corrected chi connectivity index (χ0v) is 14.4. The minimum absolute atomic E-state index is 0.0510. The molecular formula is C18H27N3O2. The number of alkyl carbamates (subject to hydrolysis) is 1. The lowest BCUT2D eigenvalue weighted by Crippen LogP contribution is -2.43. The number of H-pyrrole nitrogens is 1. The average molecular weight is 317 g/mol. The van der Waals surface area contributed by atoms with E-state index in [0.717, 1.165) is 18.5 Å². The van der Waals surface area contributed by atoms with Crippen molar-refractivity contribution in [3.63, 3.8) is 0 Å². The van der Waals surface area contributed by atoms with E-state index in [-0.39, 0.29) is 12.1 Å². The Labute approximate surface area is 137 Å². The lowest BCUT2D eigenvalue weighted by Gasteiger charge is -2.23. The number of rotatable bonds is 6. The molecule has 5 heteroatoms. The highest BCUT2D eigenvalue weighted by atomic mass is 16.6. The number of fused-ring (bicyclic) bond motifs is 1. The van der Waals surface area contributed by atoms with Gasteiger partial charge >= 0.3 is 6.09 Å². The molecule has 2 rings (SSSR count). The molecule has 1 amide bonds. The third-order valence-corrected chi connectivity index (χ3v) is 3.59. The summed E-state index contributed by atoms with van der Waals surface area (Å²) in [6, 6.07) is 8.29. The Bertz CT molecular complexity index is 643. The van der Waals surface area contributed by atoms with Crippen LogP contribution in [0.5, 0.6) is 0 Å². The number of carbonyl (C=O) groups excluding carboxylic acids is 1. The first-order valence-electron chi connectivity index (χ1n) is 8.14. The maximum Gasteiger partial charge on any atom is 0.407 e. The molecule has 126 valence electrons. The summed E-state index contributed by atoms with van der Waals surface area (Å²) in [6.07, 6.45) is 2.51. The van der Waals surface area contributed by atoms with Gasteiger partial charge in [-0.15, -0.1) is 0 Å². The molecule has 1 aromatic carbocycles. The van der Waals surface area contributed by atoms with Gasteiger partial charge in [0.1, 0.15) is 5.60 Å². The van der Waals surface area contributed by atoms with Crippen molar-refractivity contribution in [1.82, 2.24) is 15.6 Å². The number of hydrogen-bond donors (Lipinski definition) is 3. The van der Waals surface area contributed by atoms with Gasteiger partial charge in [-0.05, 0) is 38.8 Å². The number of ether oxygens (including phenoxy) is 1. The molecule has 2 aromatic rings. The molecule has 1 heterocycles. The highest BCUT2D eigenvalue weighted by Crippen LogP contribution is 2.17. The third kappa shape index (κ3) is 5.28. The van der Waals surface area contributed by atoms with Crippen LogP contribution >= 0.6 is 0 Å². The molecule has 0 spiro atoms. The summed E-state index contributed by atoms with van der Waals surface area (Å²) in [5.41, 5.74) is 1.90. The van der Waals surface area contributed by atoms with E-state index in [4.69, 9.17) is 4.74 Å². The van der Waals surface area contributed by atoms with E-state index in [1.807, 2.05) is 39.1 Å². The first-order valence-corrected chi connectivity index (χ1v) is 8.14.